The highest BCUT2D eigenvalue weighted by atomic mass is 16.5. The van der Waals surface area contributed by atoms with Crippen molar-refractivity contribution in [1.29, 1.82) is 0 Å². The zero-order valence-corrected chi connectivity index (χ0v) is 11.4. The first-order valence-corrected chi connectivity index (χ1v) is 6.14. The van der Waals surface area contributed by atoms with Crippen LogP contribution < -0.4 is 5.73 Å². The van der Waals surface area contributed by atoms with Crippen molar-refractivity contribution in [2.75, 3.05) is 13.2 Å². The predicted molar refractivity (Wildman–Crippen MR) is 77.8 cm³/mol. The molecule has 0 rings (SSSR count). The lowest BCUT2D eigenvalue weighted by molar-refractivity contribution is 0.135. The van der Waals surface area contributed by atoms with E-state index < -0.39 is 0 Å². The molecule has 0 aromatic heterocycles. The van der Waals surface area contributed by atoms with Gasteiger partial charge in [-0.15, -0.1) is 0 Å². The van der Waals surface area contributed by atoms with Crippen molar-refractivity contribution >= 4 is 0 Å². The highest BCUT2D eigenvalue weighted by Gasteiger charge is 1.92. The molecular formula is C15H27NO. The summed E-state index contributed by atoms with van der Waals surface area (Å²) in [6.07, 6.45) is 8.17. The zero-order valence-electron chi connectivity index (χ0n) is 11.4. The number of hydrogen-bond acceptors (Lipinski definition) is 2. The van der Waals surface area contributed by atoms with Crippen LogP contribution in [-0.4, -0.2) is 13.2 Å². The van der Waals surface area contributed by atoms with Crippen molar-refractivity contribution in [3.63, 3.8) is 0 Å². The van der Waals surface area contributed by atoms with Crippen LogP contribution in [0.5, 0.6) is 0 Å². The van der Waals surface area contributed by atoms with Crippen LogP contribution in [0, 0.1) is 0 Å². The minimum absolute atomic E-state index is 0.706. The van der Waals surface area contributed by atoms with E-state index in [1.807, 2.05) is 26.0 Å². The molecule has 17 heavy (non-hydrogen) atoms. The van der Waals surface area contributed by atoms with E-state index in [4.69, 9.17) is 10.5 Å². The Balaban J connectivity index is 0. The van der Waals surface area contributed by atoms with Crippen molar-refractivity contribution in [2.24, 2.45) is 5.73 Å². The Morgan fingerprint density at radius 1 is 1.18 bits per heavy atom. The Hall–Kier alpha value is -1.28. The highest BCUT2D eigenvalue weighted by molar-refractivity contribution is 5.17. The fourth-order valence-corrected chi connectivity index (χ4v) is 0.994. The molecule has 0 saturated carbocycles. The van der Waals surface area contributed by atoms with Crippen LogP contribution in [0.15, 0.2) is 49.2 Å². The standard InChI is InChI=1S/C13H21NO.C2H6/c1-4-5-7-12(2)9-11-15-10-6-8-13(3)14;1-2/h4-5,7H,1-3,6,8-11,14H2;1-2H3/b7-5-;. The molecule has 0 aromatic rings. The first kappa shape index (κ1) is 18.1. The van der Waals surface area contributed by atoms with Crippen molar-refractivity contribution in [3.05, 3.63) is 49.2 Å². The van der Waals surface area contributed by atoms with Gasteiger partial charge >= 0.3 is 0 Å². The minimum Gasteiger partial charge on any atom is -0.403 e. The molecule has 0 unspecified atom stereocenters. The summed E-state index contributed by atoms with van der Waals surface area (Å²) in [7, 11) is 0. The SMILES string of the molecule is C=C/C=C\C(=C)CCOCCCC(=C)N.CC. The smallest absolute Gasteiger partial charge is 0.0506 e. The molecule has 2 heteroatoms. The predicted octanol–water partition coefficient (Wildman–Crippen LogP) is 3.97. The second-order valence-corrected chi connectivity index (χ2v) is 3.38. The van der Waals surface area contributed by atoms with Gasteiger partial charge in [-0.05, 0) is 19.3 Å². The fourth-order valence-electron chi connectivity index (χ4n) is 0.994. The van der Waals surface area contributed by atoms with Gasteiger partial charge in [0, 0.05) is 12.3 Å². The average Bonchev–Trinajstić information content (AvgIpc) is 2.33. The maximum atomic E-state index is 5.43. The van der Waals surface area contributed by atoms with Gasteiger partial charge in [-0.2, -0.15) is 0 Å². The van der Waals surface area contributed by atoms with E-state index in [0.717, 1.165) is 37.1 Å². The summed E-state index contributed by atoms with van der Waals surface area (Å²) in [5.41, 5.74) is 7.20. The molecule has 0 radical (unpaired) electrons. The topological polar surface area (TPSA) is 35.2 Å². The van der Waals surface area contributed by atoms with Crippen molar-refractivity contribution < 1.29 is 4.74 Å². The van der Waals surface area contributed by atoms with E-state index in [1.165, 1.54) is 0 Å². The van der Waals surface area contributed by atoms with Gasteiger partial charge in [0.25, 0.3) is 0 Å². The Morgan fingerprint density at radius 2 is 1.82 bits per heavy atom. The molecule has 0 aliphatic heterocycles. The van der Waals surface area contributed by atoms with Gasteiger partial charge in [0.15, 0.2) is 0 Å². The molecule has 0 amide bonds. The third kappa shape index (κ3) is 17.3. The minimum atomic E-state index is 0.706. The molecule has 2 N–H and O–H groups in total. The summed E-state index contributed by atoms with van der Waals surface area (Å²) in [5, 5.41) is 0. The van der Waals surface area contributed by atoms with Gasteiger partial charge in [0.2, 0.25) is 0 Å². The lowest BCUT2D eigenvalue weighted by Gasteiger charge is -2.03. The summed E-state index contributed by atoms with van der Waals surface area (Å²) in [6.45, 7) is 16.5. The van der Waals surface area contributed by atoms with Gasteiger partial charge in [-0.25, -0.2) is 0 Å². The van der Waals surface area contributed by atoms with Crippen LogP contribution in [0.3, 0.4) is 0 Å². The Kier molecular flexibility index (Phi) is 15.7. The van der Waals surface area contributed by atoms with Crippen LogP contribution in [-0.2, 0) is 4.74 Å². The largest absolute Gasteiger partial charge is 0.403 e. The first-order valence-electron chi connectivity index (χ1n) is 6.14. The summed E-state index contributed by atoms with van der Waals surface area (Å²) < 4.78 is 5.42. The number of rotatable bonds is 9. The van der Waals surface area contributed by atoms with E-state index in [9.17, 15) is 0 Å². The molecule has 0 aliphatic carbocycles. The summed E-state index contributed by atoms with van der Waals surface area (Å²) in [5.74, 6) is 0. The number of allylic oxidation sites excluding steroid dienone is 4. The Labute approximate surface area is 107 Å². The first-order chi connectivity index (χ1) is 8.16. The molecule has 0 aromatic carbocycles. The summed E-state index contributed by atoms with van der Waals surface area (Å²) in [6, 6.07) is 0. The maximum Gasteiger partial charge on any atom is 0.0506 e. The molecule has 98 valence electrons. The normalized spacial score (nSPS) is 9.53. The molecular weight excluding hydrogens is 210 g/mol. The number of nitrogens with two attached hydrogens (primary N) is 1. The Bertz CT molecular complexity index is 241. The molecule has 0 heterocycles. The van der Waals surface area contributed by atoms with Crippen LogP contribution in [0.4, 0.5) is 0 Å². The lowest BCUT2D eigenvalue weighted by Crippen LogP contribution is -2.00. The van der Waals surface area contributed by atoms with Gasteiger partial charge in [-0.1, -0.05) is 57.4 Å². The lowest BCUT2D eigenvalue weighted by atomic mass is 10.2. The molecule has 0 aliphatic rings. The summed E-state index contributed by atoms with van der Waals surface area (Å²) >= 11 is 0. The third-order valence-corrected chi connectivity index (χ3v) is 1.82. The molecule has 0 fully saturated rings. The van der Waals surface area contributed by atoms with Gasteiger partial charge < -0.3 is 10.5 Å². The second-order valence-electron chi connectivity index (χ2n) is 3.38. The van der Waals surface area contributed by atoms with Gasteiger partial charge in [0.05, 0.1) is 6.61 Å². The molecule has 0 saturated heterocycles. The molecule has 0 spiro atoms. The van der Waals surface area contributed by atoms with Crippen LogP contribution in [0.1, 0.15) is 33.1 Å². The van der Waals surface area contributed by atoms with Gasteiger partial charge in [-0.3, -0.25) is 0 Å². The van der Waals surface area contributed by atoms with E-state index >= 15 is 0 Å². The van der Waals surface area contributed by atoms with Crippen LogP contribution in [0.2, 0.25) is 0 Å². The van der Waals surface area contributed by atoms with Crippen LogP contribution >= 0.6 is 0 Å². The zero-order chi connectivity index (χ0) is 13.5. The van der Waals surface area contributed by atoms with E-state index in [2.05, 4.69) is 19.7 Å². The van der Waals surface area contributed by atoms with Crippen molar-refractivity contribution in [1.82, 2.24) is 0 Å². The number of hydrogen-bond donors (Lipinski definition) is 1. The maximum absolute atomic E-state index is 5.43. The second kappa shape index (κ2) is 14.7. The Morgan fingerprint density at radius 3 is 2.35 bits per heavy atom. The van der Waals surface area contributed by atoms with Crippen molar-refractivity contribution in [2.45, 2.75) is 33.1 Å². The molecule has 2 nitrogen and oxygen atoms in total. The van der Waals surface area contributed by atoms with Crippen molar-refractivity contribution in [3.8, 4) is 0 Å². The number of ether oxygens (including phenoxy) is 1. The monoisotopic (exact) mass is 237 g/mol. The third-order valence-electron chi connectivity index (χ3n) is 1.82. The quantitative estimate of drug-likeness (QED) is 0.486. The van der Waals surface area contributed by atoms with E-state index in [1.54, 1.807) is 6.08 Å². The van der Waals surface area contributed by atoms with E-state index in [-0.39, 0.29) is 0 Å². The molecule has 0 atom stereocenters. The fraction of sp³-hybridized carbons (Fsp3) is 0.467. The average molecular weight is 237 g/mol. The van der Waals surface area contributed by atoms with E-state index in [0.29, 0.717) is 6.61 Å². The highest BCUT2D eigenvalue weighted by Crippen LogP contribution is 2.01. The molecule has 0 bridgehead atoms. The van der Waals surface area contributed by atoms with Gasteiger partial charge in [0.1, 0.15) is 0 Å². The summed E-state index contributed by atoms with van der Waals surface area (Å²) in [4.78, 5) is 0. The van der Waals surface area contributed by atoms with Crippen LogP contribution in [0.25, 0.3) is 0 Å².